The normalized spacial score (nSPS) is 27.9. The highest BCUT2D eigenvalue weighted by atomic mass is 19.2. The Kier molecular flexibility index (Phi) is 3.22. The number of hydrazine groups is 1. The Hall–Kier alpha value is -3.14. The Morgan fingerprint density at radius 3 is 3.00 bits per heavy atom. The lowest BCUT2D eigenvalue weighted by Crippen LogP contribution is -2.51. The third-order valence-corrected chi connectivity index (χ3v) is 5.78. The third-order valence-electron chi connectivity index (χ3n) is 5.78. The molecule has 5 heterocycles. The molecule has 144 valence electrons. The standard InChI is InChI=1S/C18H19FN8O/c1-12-13(6-7-28-12)15-8-25(22-21-15)26-10-20-18-14-4-2-3-5-16(14)24-11-23(19)9-17(24)27(18)26/h2-5,8-10,12-13,18H,6-7,11H2,1H3. The van der Waals surface area contributed by atoms with Crippen LogP contribution >= 0.6 is 0 Å². The number of anilines is 1. The molecule has 0 saturated carbocycles. The van der Waals surface area contributed by atoms with Crippen molar-refractivity contribution in [3.63, 3.8) is 0 Å². The van der Waals surface area contributed by atoms with Crippen LogP contribution in [0.2, 0.25) is 0 Å². The quantitative estimate of drug-likeness (QED) is 0.735. The van der Waals surface area contributed by atoms with E-state index in [1.54, 1.807) is 16.2 Å². The number of benzene rings is 1. The lowest BCUT2D eigenvalue weighted by molar-refractivity contribution is 0.104. The summed E-state index contributed by atoms with van der Waals surface area (Å²) >= 11 is 0. The highest BCUT2D eigenvalue weighted by molar-refractivity contribution is 5.73. The first-order valence-corrected chi connectivity index (χ1v) is 9.37. The Labute approximate surface area is 160 Å². The first-order chi connectivity index (χ1) is 13.7. The minimum atomic E-state index is -0.272. The van der Waals surface area contributed by atoms with Crippen molar-refractivity contribution < 1.29 is 9.22 Å². The van der Waals surface area contributed by atoms with Crippen LogP contribution in [0.5, 0.6) is 0 Å². The van der Waals surface area contributed by atoms with Crippen LogP contribution in [0.3, 0.4) is 0 Å². The van der Waals surface area contributed by atoms with E-state index in [0.717, 1.165) is 30.0 Å². The van der Waals surface area contributed by atoms with Crippen LogP contribution in [0.1, 0.15) is 36.7 Å². The van der Waals surface area contributed by atoms with Gasteiger partial charge in [-0.1, -0.05) is 22.7 Å². The molecule has 6 rings (SSSR count). The van der Waals surface area contributed by atoms with E-state index in [4.69, 9.17) is 4.74 Å². The van der Waals surface area contributed by atoms with E-state index in [2.05, 4.69) is 22.2 Å². The number of halogens is 1. The summed E-state index contributed by atoms with van der Waals surface area (Å²) in [4.78, 5) is 8.25. The second-order valence-corrected chi connectivity index (χ2v) is 7.35. The van der Waals surface area contributed by atoms with Gasteiger partial charge < -0.3 is 9.64 Å². The highest BCUT2D eigenvalue weighted by Gasteiger charge is 2.44. The molecule has 0 amide bonds. The summed E-state index contributed by atoms with van der Waals surface area (Å²) in [6.45, 7) is 2.94. The topological polar surface area (TPSA) is 65.3 Å². The van der Waals surface area contributed by atoms with E-state index in [1.807, 2.05) is 40.4 Å². The van der Waals surface area contributed by atoms with Crippen LogP contribution in [0.15, 0.2) is 47.5 Å². The molecule has 10 heteroatoms. The predicted octanol–water partition coefficient (Wildman–Crippen LogP) is 1.84. The third kappa shape index (κ3) is 2.12. The smallest absolute Gasteiger partial charge is 0.173 e. The van der Waals surface area contributed by atoms with Crippen molar-refractivity contribution in [2.75, 3.05) is 23.3 Å². The molecule has 9 nitrogen and oxygen atoms in total. The summed E-state index contributed by atoms with van der Waals surface area (Å²) in [5.74, 6) is 0.938. The number of ether oxygens (including phenoxy) is 1. The Balaban J connectivity index is 1.39. The summed E-state index contributed by atoms with van der Waals surface area (Å²) in [7, 11) is 0. The van der Waals surface area contributed by atoms with Crippen LogP contribution in [-0.2, 0) is 4.74 Å². The van der Waals surface area contributed by atoms with Crippen molar-refractivity contribution in [2.45, 2.75) is 31.5 Å². The number of aromatic nitrogens is 3. The second-order valence-electron chi connectivity index (χ2n) is 7.35. The molecule has 0 spiro atoms. The number of hydrogen-bond acceptors (Lipinski definition) is 8. The summed E-state index contributed by atoms with van der Waals surface area (Å²) in [6, 6.07) is 7.95. The van der Waals surface area contributed by atoms with Crippen LogP contribution in [-0.4, -0.2) is 51.0 Å². The average Bonchev–Trinajstić information content (AvgIpc) is 3.46. The van der Waals surface area contributed by atoms with E-state index >= 15 is 0 Å². The van der Waals surface area contributed by atoms with Gasteiger partial charge in [-0.25, -0.2) is 10.0 Å². The molecule has 1 fully saturated rings. The van der Waals surface area contributed by atoms with Gasteiger partial charge >= 0.3 is 0 Å². The molecule has 1 aromatic carbocycles. The zero-order valence-corrected chi connectivity index (χ0v) is 15.3. The van der Waals surface area contributed by atoms with Crippen LogP contribution < -0.4 is 10.0 Å². The van der Waals surface area contributed by atoms with Gasteiger partial charge in [-0.3, -0.25) is 0 Å². The van der Waals surface area contributed by atoms with E-state index in [-0.39, 0.29) is 24.9 Å². The maximum absolute atomic E-state index is 14.1. The van der Waals surface area contributed by atoms with E-state index in [0.29, 0.717) is 10.9 Å². The first-order valence-electron chi connectivity index (χ1n) is 9.37. The monoisotopic (exact) mass is 382 g/mol. The van der Waals surface area contributed by atoms with Gasteiger partial charge in [0.25, 0.3) is 0 Å². The highest BCUT2D eigenvalue weighted by Crippen LogP contribution is 2.45. The SMILES string of the molecule is CC1OCCC1c1cn(N2C=NC3c4ccccc4N4CN(F)C=C4N32)nn1. The van der Waals surface area contributed by atoms with Gasteiger partial charge in [-0.15, -0.1) is 9.89 Å². The predicted molar refractivity (Wildman–Crippen MR) is 98.9 cm³/mol. The zero-order chi connectivity index (χ0) is 18.8. The molecule has 1 saturated heterocycles. The molecule has 0 aliphatic carbocycles. The summed E-state index contributed by atoms with van der Waals surface area (Å²) in [5, 5.41) is 13.0. The Bertz CT molecular complexity index is 989. The van der Waals surface area contributed by atoms with Gasteiger partial charge in [-0.05, 0) is 24.6 Å². The lowest BCUT2D eigenvalue weighted by atomic mass is 10.00. The van der Waals surface area contributed by atoms with E-state index in [9.17, 15) is 4.48 Å². The lowest BCUT2D eigenvalue weighted by Gasteiger charge is -2.41. The Morgan fingerprint density at radius 1 is 1.25 bits per heavy atom. The molecule has 4 aliphatic heterocycles. The van der Waals surface area contributed by atoms with Crippen molar-refractivity contribution in [3.05, 3.63) is 53.7 Å². The molecule has 3 unspecified atom stereocenters. The Morgan fingerprint density at radius 2 is 2.14 bits per heavy atom. The van der Waals surface area contributed by atoms with Gasteiger partial charge in [0.2, 0.25) is 0 Å². The molecule has 0 bridgehead atoms. The number of nitrogens with zero attached hydrogens (tertiary/aromatic N) is 8. The molecule has 2 aromatic rings. The van der Waals surface area contributed by atoms with Crippen LogP contribution in [0, 0.1) is 0 Å². The second kappa shape index (κ2) is 5.68. The van der Waals surface area contributed by atoms with Crippen molar-refractivity contribution in [3.8, 4) is 0 Å². The molecule has 3 atom stereocenters. The molecule has 0 N–H and O–H groups in total. The summed E-state index contributed by atoms with van der Waals surface area (Å²) in [6.07, 6.45) is 5.88. The summed E-state index contributed by atoms with van der Waals surface area (Å²) in [5.41, 5.74) is 2.88. The number of fused-ring (bicyclic) bond motifs is 6. The summed E-state index contributed by atoms with van der Waals surface area (Å²) < 4.78 is 19.8. The maximum atomic E-state index is 14.1. The van der Waals surface area contributed by atoms with Gasteiger partial charge in [0.05, 0.1) is 29.9 Å². The first kappa shape index (κ1) is 15.9. The number of hydrogen-bond donors (Lipinski definition) is 0. The van der Waals surface area contributed by atoms with Gasteiger partial charge in [0.1, 0.15) is 13.0 Å². The van der Waals surface area contributed by atoms with Gasteiger partial charge in [-0.2, -0.15) is 10.2 Å². The molecule has 1 aromatic heterocycles. The largest absolute Gasteiger partial charge is 0.378 e. The fourth-order valence-electron chi connectivity index (χ4n) is 4.38. The molecule has 28 heavy (non-hydrogen) atoms. The van der Waals surface area contributed by atoms with Crippen LogP contribution in [0.25, 0.3) is 0 Å². The fraction of sp³-hybridized carbons (Fsp3) is 0.389. The minimum Gasteiger partial charge on any atom is -0.378 e. The zero-order valence-electron chi connectivity index (χ0n) is 15.3. The molecule has 4 aliphatic rings. The van der Waals surface area contributed by atoms with Crippen molar-refractivity contribution in [1.29, 1.82) is 0 Å². The fourth-order valence-corrected chi connectivity index (χ4v) is 4.38. The number of rotatable bonds is 2. The van der Waals surface area contributed by atoms with E-state index < -0.39 is 0 Å². The van der Waals surface area contributed by atoms with Crippen LogP contribution in [0.4, 0.5) is 10.2 Å². The van der Waals surface area contributed by atoms with Gasteiger partial charge in [0, 0.05) is 18.1 Å². The van der Waals surface area contributed by atoms with Gasteiger partial charge in [0.15, 0.2) is 12.0 Å². The molecular weight excluding hydrogens is 363 g/mol. The number of aliphatic imine (C=N–C) groups is 1. The molecule has 0 radical (unpaired) electrons. The minimum absolute atomic E-state index is 0.125. The van der Waals surface area contributed by atoms with Crippen molar-refractivity contribution in [1.82, 2.24) is 25.2 Å². The van der Waals surface area contributed by atoms with Crippen molar-refractivity contribution >= 4 is 12.0 Å². The average molecular weight is 382 g/mol. The van der Waals surface area contributed by atoms with Crippen molar-refractivity contribution in [2.24, 2.45) is 4.99 Å². The number of para-hydroxylation sites is 1. The van der Waals surface area contributed by atoms with E-state index in [1.165, 1.54) is 6.20 Å². The molecular formula is C18H19FN8O. The maximum Gasteiger partial charge on any atom is 0.173 e.